The fourth-order valence-corrected chi connectivity index (χ4v) is 4.38. The van der Waals surface area contributed by atoms with Gasteiger partial charge in [0, 0.05) is 39.7 Å². The average molecular weight is 381 g/mol. The number of hydrogen-bond donors (Lipinski definition) is 1. The Hall–Kier alpha value is -1.44. The molecule has 0 unspecified atom stereocenters. The summed E-state index contributed by atoms with van der Waals surface area (Å²) in [5.74, 6) is 0.558. The van der Waals surface area contributed by atoms with Crippen molar-refractivity contribution in [3.8, 4) is 11.1 Å². The van der Waals surface area contributed by atoms with Gasteiger partial charge in [0.05, 0.1) is 12.1 Å². The number of nitrogen functional groups attached to an aromatic ring is 1. The number of pyridine rings is 1. The van der Waals surface area contributed by atoms with E-state index in [2.05, 4.69) is 48.7 Å². The van der Waals surface area contributed by atoms with Gasteiger partial charge in [0.2, 0.25) is 0 Å². The van der Waals surface area contributed by atoms with Gasteiger partial charge in [-0.1, -0.05) is 6.07 Å². The Morgan fingerprint density at radius 2 is 2.29 bits per heavy atom. The molecule has 0 saturated heterocycles. The van der Waals surface area contributed by atoms with Crippen LogP contribution in [0.2, 0.25) is 0 Å². The molecule has 0 saturated carbocycles. The number of anilines is 2. The minimum atomic E-state index is 0.558. The van der Waals surface area contributed by atoms with Gasteiger partial charge in [0.1, 0.15) is 10.8 Å². The van der Waals surface area contributed by atoms with E-state index >= 15 is 0 Å². The van der Waals surface area contributed by atoms with Crippen LogP contribution in [0, 0.1) is 0 Å². The molecule has 0 fully saturated rings. The molecule has 3 aromatic rings. The highest BCUT2D eigenvalue weighted by molar-refractivity contribution is 9.10. The average Bonchev–Trinajstić information content (AvgIpc) is 3.06. The zero-order valence-corrected chi connectivity index (χ0v) is 14.5. The maximum Gasteiger partial charge on any atom is 0.147 e. The summed E-state index contributed by atoms with van der Waals surface area (Å²) < 4.78 is 5.42. The van der Waals surface area contributed by atoms with Gasteiger partial charge in [-0.3, -0.25) is 4.98 Å². The van der Waals surface area contributed by atoms with Crippen molar-refractivity contribution in [1.82, 2.24) is 9.36 Å². The van der Waals surface area contributed by atoms with Gasteiger partial charge in [-0.2, -0.15) is 4.37 Å². The Morgan fingerprint density at radius 1 is 1.43 bits per heavy atom. The summed E-state index contributed by atoms with van der Waals surface area (Å²) in [5, 5.41) is 3.15. The quantitative estimate of drug-likeness (QED) is 0.734. The topological polar surface area (TPSA) is 55.0 Å². The second-order valence-corrected chi connectivity index (χ2v) is 7.24. The number of nitrogens with zero attached hydrogens (tertiary/aromatic N) is 3. The molecule has 0 bridgehead atoms. The van der Waals surface area contributed by atoms with E-state index in [1.807, 2.05) is 18.3 Å². The van der Waals surface area contributed by atoms with Crippen LogP contribution in [-0.2, 0) is 6.54 Å². The molecule has 0 aliphatic carbocycles. The normalized spacial score (nSPS) is 10.8. The molecular weight excluding hydrogens is 368 g/mol. The van der Waals surface area contributed by atoms with E-state index < -0.39 is 0 Å². The highest BCUT2D eigenvalue weighted by atomic mass is 79.9. The fourth-order valence-electron chi connectivity index (χ4n) is 2.08. The third-order valence-corrected chi connectivity index (χ3v) is 5.67. The summed E-state index contributed by atoms with van der Waals surface area (Å²) in [5.41, 5.74) is 8.01. The maximum atomic E-state index is 6.05. The monoisotopic (exact) mass is 380 g/mol. The highest BCUT2D eigenvalue weighted by Gasteiger charge is 2.17. The molecule has 3 aromatic heterocycles. The number of nitrogens with two attached hydrogens (primary N) is 1. The number of thiophene rings is 1. The molecule has 0 amide bonds. The number of hydrogen-bond acceptors (Lipinski definition) is 6. The van der Waals surface area contributed by atoms with Crippen molar-refractivity contribution in [1.29, 1.82) is 0 Å². The molecule has 2 N–H and O–H groups in total. The predicted octanol–water partition coefficient (Wildman–Crippen LogP) is 4.25. The molecule has 0 radical (unpaired) electrons. The zero-order valence-electron chi connectivity index (χ0n) is 11.3. The zero-order chi connectivity index (χ0) is 14.8. The van der Waals surface area contributed by atoms with Crippen LogP contribution in [0.1, 0.15) is 4.88 Å². The van der Waals surface area contributed by atoms with Crippen molar-refractivity contribution in [3.63, 3.8) is 0 Å². The molecule has 0 atom stereocenters. The van der Waals surface area contributed by atoms with Gasteiger partial charge >= 0.3 is 0 Å². The third-order valence-electron chi connectivity index (χ3n) is 3.01. The second kappa shape index (κ2) is 6.13. The summed E-state index contributed by atoms with van der Waals surface area (Å²) in [7, 11) is 2.06. The Balaban J connectivity index is 1.92. The van der Waals surface area contributed by atoms with E-state index in [1.165, 1.54) is 16.4 Å². The molecule has 3 rings (SSSR count). The summed E-state index contributed by atoms with van der Waals surface area (Å²) >= 11 is 6.64. The van der Waals surface area contributed by atoms with E-state index in [0.717, 1.165) is 27.1 Å². The largest absolute Gasteiger partial charge is 0.382 e. The van der Waals surface area contributed by atoms with Gasteiger partial charge in [-0.05, 0) is 39.6 Å². The van der Waals surface area contributed by atoms with Gasteiger partial charge < -0.3 is 10.6 Å². The Labute approximate surface area is 139 Å². The standard InChI is InChI=1S/C14H13BrN4S2/c1-19(7-11-5-10(15)8-20-11)14-12(13(16)18-21-14)9-3-2-4-17-6-9/h2-6,8H,7H2,1H3,(H2,16,18). The lowest BCUT2D eigenvalue weighted by atomic mass is 10.1. The Kier molecular flexibility index (Phi) is 4.23. The predicted molar refractivity (Wildman–Crippen MR) is 93.9 cm³/mol. The van der Waals surface area contributed by atoms with E-state index in [9.17, 15) is 0 Å². The van der Waals surface area contributed by atoms with E-state index in [0.29, 0.717) is 5.82 Å². The van der Waals surface area contributed by atoms with Crippen molar-refractivity contribution in [2.45, 2.75) is 6.54 Å². The Bertz CT molecular complexity index is 739. The van der Waals surface area contributed by atoms with Crippen molar-refractivity contribution in [3.05, 3.63) is 45.3 Å². The molecule has 0 aromatic carbocycles. The first-order chi connectivity index (χ1) is 10.1. The van der Waals surface area contributed by atoms with Crippen molar-refractivity contribution < 1.29 is 0 Å². The molecule has 4 nitrogen and oxygen atoms in total. The minimum absolute atomic E-state index is 0.558. The third kappa shape index (κ3) is 3.09. The van der Waals surface area contributed by atoms with Gasteiger partial charge in [0.25, 0.3) is 0 Å². The highest BCUT2D eigenvalue weighted by Crippen LogP contribution is 2.39. The molecular formula is C14H13BrN4S2. The lowest BCUT2D eigenvalue weighted by Gasteiger charge is -2.17. The Morgan fingerprint density at radius 3 is 2.95 bits per heavy atom. The summed E-state index contributed by atoms with van der Waals surface area (Å²) in [6.45, 7) is 0.825. The second-order valence-electron chi connectivity index (χ2n) is 4.58. The lowest BCUT2D eigenvalue weighted by molar-refractivity contribution is 0.954. The SMILES string of the molecule is CN(Cc1cc(Br)cs1)c1snc(N)c1-c1cccnc1. The lowest BCUT2D eigenvalue weighted by Crippen LogP contribution is -2.15. The van der Waals surface area contributed by atoms with E-state index in [1.54, 1.807) is 17.5 Å². The number of rotatable bonds is 4. The van der Waals surface area contributed by atoms with E-state index in [4.69, 9.17) is 5.73 Å². The van der Waals surface area contributed by atoms with Gasteiger partial charge in [-0.25, -0.2) is 0 Å². The first kappa shape index (κ1) is 14.5. The van der Waals surface area contributed by atoms with Crippen LogP contribution in [0.3, 0.4) is 0 Å². The van der Waals surface area contributed by atoms with Crippen LogP contribution in [-0.4, -0.2) is 16.4 Å². The summed E-state index contributed by atoms with van der Waals surface area (Å²) in [4.78, 5) is 7.63. The molecule has 21 heavy (non-hydrogen) atoms. The van der Waals surface area contributed by atoms with Gasteiger partial charge in [-0.15, -0.1) is 11.3 Å². The van der Waals surface area contributed by atoms with Gasteiger partial charge in [0.15, 0.2) is 0 Å². The van der Waals surface area contributed by atoms with Crippen molar-refractivity contribution >= 4 is 49.6 Å². The molecule has 0 spiro atoms. The van der Waals surface area contributed by atoms with Crippen LogP contribution in [0.5, 0.6) is 0 Å². The first-order valence-corrected chi connectivity index (χ1v) is 8.69. The molecule has 3 heterocycles. The van der Waals surface area contributed by atoms with Crippen molar-refractivity contribution in [2.75, 3.05) is 17.7 Å². The molecule has 0 aliphatic heterocycles. The summed E-state index contributed by atoms with van der Waals surface area (Å²) in [6, 6.07) is 6.05. The first-order valence-electron chi connectivity index (χ1n) is 6.24. The summed E-state index contributed by atoms with van der Waals surface area (Å²) in [6.07, 6.45) is 3.57. The number of halogens is 1. The van der Waals surface area contributed by atoms with Crippen molar-refractivity contribution in [2.24, 2.45) is 0 Å². The van der Waals surface area contributed by atoms with E-state index in [-0.39, 0.29) is 0 Å². The smallest absolute Gasteiger partial charge is 0.147 e. The van der Waals surface area contributed by atoms with Crippen LogP contribution in [0.15, 0.2) is 40.4 Å². The fraction of sp³-hybridized carbons (Fsp3) is 0.143. The van der Waals surface area contributed by atoms with Crippen LogP contribution in [0.4, 0.5) is 10.8 Å². The molecule has 0 aliphatic rings. The van der Waals surface area contributed by atoms with Crippen LogP contribution >= 0.6 is 38.8 Å². The van der Waals surface area contributed by atoms with Crippen LogP contribution < -0.4 is 10.6 Å². The maximum absolute atomic E-state index is 6.05. The van der Waals surface area contributed by atoms with Crippen LogP contribution in [0.25, 0.3) is 11.1 Å². The minimum Gasteiger partial charge on any atom is -0.382 e. The number of aromatic nitrogens is 2. The molecule has 7 heteroatoms. The molecule has 108 valence electrons.